The molecule has 25 heavy (non-hydrogen) atoms. The van der Waals surface area contributed by atoms with Crippen molar-refractivity contribution in [2.75, 3.05) is 13.2 Å². The van der Waals surface area contributed by atoms with Gasteiger partial charge in [-0.1, -0.05) is 6.92 Å². The molecular weight excluding hydrogens is 339 g/mol. The Morgan fingerprint density at radius 1 is 1.36 bits per heavy atom. The summed E-state index contributed by atoms with van der Waals surface area (Å²) < 4.78 is 42.5. The Morgan fingerprint density at radius 3 is 2.64 bits per heavy atom. The Labute approximate surface area is 143 Å². The van der Waals surface area contributed by atoms with Crippen LogP contribution in [0.2, 0.25) is 0 Å². The van der Waals surface area contributed by atoms with Crippen LogP contribution < -0.4 is 0 Å². The Balaban J connectivity index is 2.20. The standard InChI is InChI=1S/C16H22F3N3O3/c1-10(2)22-13(6-7-20-22)12-5-4-11(3)8-21(12)14(23)15(24)25-9-16(17,18)19/h6-7,10-12H,4-5,8-9H2,1-3H3/t11-,12-/m1/s1. The van der Waals surface area contributed by atoms with Gasteiger partial charge in [-0.2, -0.15) is 18.3 Å². The molecule has 0 aliphatic carbocycles. The number of piperidine rings is 1. The van der Waals surface area contributed by atoms with Crippen molar-refractivity contribution in [2.24, 2.45) is 5.92 Å². The summed E-state index contributed by atoms with van der Waals surface area (Å²) in [5.74, 6) is -2.38. The van der Waals surface area contributed by atoms with Crippen LogP contribution in [0.4, 0.5) is 13.2 Å². The third kappa shape index (κ3) is 4.73. The molecule has 0 radical (unpaired) electrons. The number of alkyl halides is 3. The molecule has 1 fully saturated rings. The monoisotopic (exact) mass is 361 g/mol. The maximum Gasteiger partial charge on any atom is 0.422 e. The lowest BCUT2D eigenvalue weighted by Gasteiger charge is -2.38. The highest BCUT2D eigenvalue weighted by molar-refractivity contribution is 6.32. The number of nitrogens with zero attached hydrogens (tertiary/aromatic N) is 3. The molecule has 2 atom stereocenters. The summed E-state index contributed by atoms with van der Waals surface area (Å²) in [6.45, 7) is 4.32. The molecule has 1 amide bonds. The number of rotatable bonds is 3. The van der Waals surface area contributed by atoms with Gasteiger partial charge in [0, 0.05) is 18.8 Å². The first-order valence-electron chi connectivity index (χ1n) is 8.18. The Hall–Kier alpha value is -2.06. The van der Waals surface area contributed by atoms with Crippen LogP contribution in [0.5, 0.6) is 0 Å². The summed E-state index contributed by atoms with van der Waals surface area (Å²) in [7, 11) is 0. The van der Waals surface area contributed by atoms with Crippen LogP contribution in [0.15, 0.2) is 12.3 Å². The molecule has 9 heteroatoms. The zero-order valence-corrected chi connectivity index (χ0v) is 14.4. The van der Waals surface area contributed by atoms with Crippen molar-refractivity contribution in [3.8, 4) is 0 Å². The van der Waals surface area contributed by atoms with Crippen molar-refractivity contribution in [1.29, 1.82) is 0 Å². The summed E-state index contributed by atoms with van der Waals surface area (Å²) in [6.07, 6.45) is -1.61. The molecule has 1 saturated heterocycles. The van der Waals surface area contributed by atoms with Crippen molar-refractivity contribution in [3.63, 3.8) is 0 Å². The second-order valence-electron chi connectivity index (χ2n) is 6.64. The molecule has 1 aliphatic heterocycles. The van der Waals surface area contributed by atoms with Gasteiger partial charge >= 0.3 is 18.1 Å². The van der Waals surface area contributed by atoms with E-state index in [2.05, 4.69) is 9.84 Å². The zero-order valence-electron chi connectivity index (χ0n) is 14.4. The highest BCUT2D eigenvalue weighted by Crippen LogP contribution is 2.34. The Kier molecular flexibility index (Phi) is 5.74. The van der Waals surface area contributed by atoms with Crippen LogP contribution in [0.3, 0.4) is 0 Å². The predicted octanol–water partition coefficient (Wildman–Crippen LogP) is 2.87. The maximum absolute atomic E-state index is 12.4. The molecule has 1 aromatic heterocycles. The van der Waals surface area contributed by atoms with Crippen LogP contribution in [0.25, 0.3) is 0 Å². The summed E-state index contributed by atoms with van der Waals surface area (Å²) in [6, 6.07) is 1.41. The summed E-state index contributed by atoms with van der Waals surface area (Å²) in [4.78, 5) is 25.5. The molecule has 2 rings (SSSR count). The number of amides is 1. The minimum absolute atomic E-state index is 0.0542. The van der Waals surface area contributed by atoms with Gasteiger partial charge in [-0.25, -0.2) is 4.79 Å². The van der Waals surface area contributed by atoms with Crippen molar-refractivity contribution in [1.82, 2.24) is 14.7 Å². The van der Waals surface area contributed by atoms with E-state index in [1.807, 2.05) is 20.8 Å². The average molecular weight is 361 g/mol. The highest BCUT2D eigenvalue weighted by atomic mass is 19.4. The molecule has 0 bridgehead atoms. The molecule has 0 saturated carbocycles. The second kappa shape index (κ2) is 7.45. The molecule has 0 aromatic carbocycles. The van der Waals surface area contributed by atoms with Gasteiger partial charge in [0.1, 0.15) is 0 Å². The lowest BCUT2D eigenvalue weighted by Crippen LogP contribution is -2.46. The Morgan fingerprint density at radius 2 is 2.04 bits per heavy atom. The molecule has 1 aromatic rings. The van der Waals surface area contributed by atoms with E-state index in [0.29, 0.717) is 6.42 Å². The minimum Gasteiger partial charge on any atom is -0.449 e. The van der Waals surface area contributed by atoms with E-state index in [9.17, 15) is 22.8 Å². The predicted molar refractivity (Wildman–Crippen MR) is 82.5 cm³/mol. The van der Waals surface area contributed by atoms with Gasteiger partial charge in [-0.3, -0.25) is 9.48 Å². The van der Waals surface area contributed by atoms with Gasteiger partial charge in [-0.15, -0.1) is 0 Å². The topological polar surface area (TPSA) is 64.4 Å². The fourth-order valence-corrected chi connectivity index (χ4v) is 3.03. The second-order valence-corrected chi connectivity index (χ2v) is 6.64. The van der Waals surface area contributed by atoms with Gasteiger partial charge in [0.25, 0.3) is 0 Å². The summed E-state index contributed by atoms with van der Waals surface area (Å²) >= 11 is 0. The molecule has 2 heterocycles. The number of likely N-dealkylation sites (tertiary alicyclic amines) is 1. The molecule has 140 valence electrons. The van der Waals surface area contributed by atoms with Crippen LogP contribution >= 0.6 is 0 Å². The summed E-state index contributed by atoms with van der Waals surface area (Å²) in [5, 5.41) is 4.23. The number of hydrogen-bond acceptors (Lipinski definition) is 4. The van der Waals surface area contributed by atoms with Gasteiger partial charge in [0.2, 0.25) is 0 Å². The molecule has 0 spiro atoms. The van der Waals surface area contributed by atoms with E-state index in [0.717, 1.165) is 12.1 Å². The fraction of sp³-hybridized carbons (Fsp3) is 0.688. The number of esters is 1. The first kappa shape index (κ1) is 19.3. The Bertz CT molecular complexity index is 628. The van der Waals surface area contributed by atoms with Crippen molar-refractivity contribution in [3.05, 3.63) is 18.0 Å². The normalized spacial score (nSPS) is 21.5. The first-order valence-corrected chi connectivity index (χ1v) is 8.18. The van der Waals surface area contributed by atoms with E-state index in [-0.39, 0.29) is 18.5 Å². The van der Waals surface area contributed by atoms with Gasteiger partial charge < -0.3 is 9.64 Å². The third-order valence-electron chi connectivity index (χ3n) is 4.15. The molecule has 6 nitrogen and oxygen atoms in total. The quantitative estimate of drug-likeness (QED) is 0.613. The van der Waals surface area contributed by atoms with Gasteiger partial charge in [-0.05, 0) is 38.7 Å². The summed E-state index contributed by atoms with van der Waals surface area (Å²) in [5.41, 5.74) is 0.763. The molecular formula is C16H22F3N3O3. The van der Waals surface area contributed by atoms with Crippen molar-refractivity contribution >= 4 is 11.9 Å². The molecule has 1 aliphatic rings. The average Bonchev–Trinajstić information content (AvgIpc) is 3.00. The van der Waals surface area contributed by atoms with Crippen LogP contribution in [-0.4, -0.2) is 45.9 Å². The largest absolute Gasteiger partial charge is 0.449 e. The van der Waals surface area contributed by atoms with Crippen LogP contribution in [-0.2, 0) is 14.3 Å². The van der Waals surface area contributed by atoms with E-state index in [4.69, 9.17) is 0 Å². The van der Waals surface area contributed by atoms with E-state index in [1.54, 1.807) is 16.9 Å². The first-order chi connectivity index (χ1) is 11.6. The fourth-order valence-electron chi connectivity index (χ4n) is 3.03. The van der Waals surface area contributed by atoms with Gasteiger partial charge in [0.15, 0.2) is 6.61 Å². The van der Waals surface area contributed by atoms with Crippen LogP contribution in [0.1, 0.15) is 51.4 Å². The number of ether oxygens (including phenoxy) is 1. The lowest BCUT2D eigenvalue weighted by atomic mass is 9.92. The van der Waals surface area contributed by atoms with Gasteiger partial charge in [0.05, 0.1) is 11.7 Å². The highest BCUT2D eigenvalue weighted by Gasteiger charge is 2.38. The SMILES string of the molecule is CC(C)n1nccc1[C@H]1CC[C@@H](C)CN1C(=O)C(=O)OCC(F)(F)F. The maximum atomic E-state index is 12.4. The molecule has 0 unspecified atom stereocenters. The van der Waals surface area contributed by atoms with Crippen molar-refractivity contribution < 1.29 is 27.5 Å². The zero-order chi connectivity index (χ0) is 18.8. The number of halogens is 3. The van der Waals surface area contributed by atoms with Crippen LogP contribution in [0, 0.1) is 5.92 Å². The third-order valence-corrected chi connectivity index (χ3v) is 4.15. The van der Waals surface area contributed by atoms with E-state index in [1.165, 1.54) is 4.90 Å². The van der Waals surface area contributed by atoms with Crippen molar-refractivity contribution in [2.45, 2.75) is 51.9 Å². The number of aromatic nitrogens is 2. The number of carbonyl (C=O) groups is 2. The number of carbonyl (C=O) groups excluding carboxylic acids is 2. The smallest absolute Gasteiger partial charge is 0.422 e. The lowest BCUT2D eigenvalue weighted by molar-refractivity contribution is -0.190. The van der Waals surface area contributed by atoms with E-state index >= 15 is 0 Å². The van der Waals surface area contributed by atoms with E-state index < -0.39 is 30.7 Å². The minimum atomic E-state index is -4.67. The number of hydrogen-bond donors (Lipinski definition) is 0. The molecule has 0 N–H and O–H groups in total.